The van der Waals surface area contributed by atoms with Gasteiger partial charge in [-0.05, 0) is 26.2 Å². The van der Waals surface area contributed by atoms with E-state index in [9.17, 15) is 5.11 Å². The molecule has 132 valence electrons. The van der Waals surface area contributed by atoms with Gasteiger partial charge in [0.2, 0.25) is 11.7 Å². The fraction of sp³-hybridized carbons (Fsp3) is 0.625. The highest BCUT2D eigenvalue weighted by Gasteiger charge is 2.19. The van der Waals surface area contributed by atoms with Gasteiger partial charge in [0, 0.05) is 39.3 Å². The molecule has 1 atom stereocenters. The zero-order valence-electron chi connectivity index (χ0n) is 14.3. The van der Waals surface area contributed by atoms with Crippen molar-refractivity contribution in [1.82, 2.24) is 24.8 Å². The van der Waals surface area contributed by atoms with E-state index in [1.54, 1.807) is 18.4 Å². The van der Waals surface area contributed by atoms with Crippen LogP contribution in [0.4, 0.5) is 0 Å². The van der Waals surface area contributed by atoms with E-state index >= 15 is 0 Å². The van der Waals surface area contributed by atoms with Gasteiger partial charge in [0.25, 0.3) is 0 Å². The quantitative estimate of drug-likeness (QED) is 0.777. The van der Waals surface area contributed by atoms with Gasteiger partial charge in [-0.25, -0.2) is 0 Å². The molecule has 2 aromatic rings. The highest BCUT2D eigenvalue weighted by atomic mass is 16.5. The predicted molar refractivity (Wildman–Crippen MR) is 88.3 cm³/mol. The number of β-amino-alcohol motifs (C(OH)–C–C–N with tert-alkyl or cyclic N) is 1. The van der Waals surface area contributed by atoms with Crippen LogP contribution < -0.4 is 0 Å². The van der Waals surface area contributed by atoms with Crippen LogP contribution >= 0.6 is 0 Å². The molecule has 8 nitrogen and oxygen atoms in total. The van der Waals surface area contributed by atoms with Gasteiger partial charge in [-0.15, -0.1) is 0 Å². The van der Waals surface area contributed by atoms with Crippen molar-refractivity contribution < 1.29 is 14.0 Å². The Morgan fingerprint density at radius 1 is 1.33 bits per heavy atom. The highest BCUT2D eigenvalue weighted by Crippen LogP contribution is 2.16. The summed E-state index contributed by atoms with van der Waals surface area (Å²) in [4.78, 5) is 10.9. The first-order valence-corrected chi connectivity index (χ1v) is 8.24. The van der Waals surface area contributed by atoms with Crippen molar-refractivity contribution in [1.29, 1.82) is 0 Å². The summed E-state index contributed by atoms with van der Waals surface area (Å²) in [5.74, 6) is 1.54. The van der Waals surface area contributed by atoms with Crippen molar-refractivity contribution in [3.63, 3.8) is 0 Å². The van der Waals surface area contributed by atoms with Crippen LogP contribution in [0.2, 0.25) is 0 Å². The summed E-state index contributed by atoms with van der Waals surface area (Å²) in [6, 6.07) is 3.57. The molecular formula is C16H25N5O3. The number of piperazine rings is 1. The first-order chi connectivity index (χ1) is 11.6. The lowest BCUT2D eigenvalue weighted by atomic mass is 10.2. The zero-order chi connectivity index (χ0) is 16.9. The van der Waals surface area contributed by atoms with Gasteiger partial charge < -0.3 is 18.9 Å². The van der Waals surface area contributed by atoms with Crippen molar-refractivity contribution in [2.24, 2.45) is 0 Å². The molecular weight excluding hydrogens is 310 g/mol. The average Bonchev–Trinajstić information content (AvgIpc) is 3.20. The van der Waals surface area contributed by atoms with Gasteiger partial charge in [-0.3, -0.25) is 9.80 Å². The lowest BCUT2D eigenvalue weighted by Gasteiger charge is -2.34. The van der Waals surface area contributed by atoms with E-state index in [4.69, 9.17) is 8.94 Å². The molecule has 0 saturated carbocycles. The SMILES string of the molecule is CN1CCN(CC(O)CN(C)Cc2nc(-c3ccco3)no2)CC1. The van der Waals surface area contributed by atoms with Crippen molar-refractivity contribution in [2.75, 3.05) is 53.4 Å². The smallest absolute Gasteiger partial charge is 0.241 e. The highest BCUT2D eigenvalue weighted by molar-refractivity contribution is 5.44. The van der Waals surface area contributed by atoms with E-state index in [-0.39, 0.29) is 0 Å². The Bertz CT molecular complexity index is 607. The molecule has 1 saturated heterocycles. The van der Waals surface area contributed by atoms with Crippen LogP contribution in [0.15, 0.2) is 27.3 Å². The van der Waals surface area contributed by atoms with Gasteiger partial charge in [0.05, 0.1) is 18.9 Å². The van der Waals surface area contributed by atoms with Gasteiger partial charge in [-0.1, -0.05) is 5.16 Å². The molecule has 0 aliphatic carbocycles. The van der Waals surface area contributed by atoms with Crippen molar-refractivity contribution in [2.45, 2.75) is 12.6 Å². The van der Waals surface area contributed by atoms with Gasteiger partial charge in [0.15, 0.2) is 5.76 Å². The van der Waals surface area contributed by atoms with E-state index in [1.165, 1.54) is 0 Å². The number of rotatable bonds is 7. The third-order valence-corrected chi connectivity index (χ3v) is 4.20. The second-order valence-electron chi connectivity index (χ2n) is 6.44. The van der Waals surface area contributed by atoms with Crippen molar-refractivity contribution in [3.05, 3.63) is 24.3 Å². The Kier molecular flexibility index (Phi) is 5.62. The minimum absolute atomic E-state index is 0.397. The molecule has 1 N–H and O–H groups in total. The lowest BCUT2D eigenvalue weighted by Crippen LogP contribution is -2.48. The Morgan fingerprint density at radius 3 is 2.83 bits per heavy atom. The molecule has 2 aromatic heterocycles. The molecule has 1 aliphatic heterocycles. The molecule has 0 amide bonds. The Morgan fingerprint density at radius 2 is 2.12 bits per heavy atom. The van der Waals surface area contributed by atoms with E-state index in [2.05, 4.69) is 27.0 Å². The summed E-state index contributed by atoms with van der Waals surface area (Å²) in [6.07, 6.45) is 1.18. The Labute approximate surface area is 141 Å². The summed E-state index contributed by atoms with van der Waals surface area (Å²) in [6.45, 7) is 5.87. The number of aliphatic hydroxyl groups is 1. The summed E-state index contributed by atoms with van der Waals surface area (Å²) in [5.41, 5.74) is 0. The van der Waals surface area contributed by atoms with Gasteiger partial charge >= 0.3 is 0 Å². The average molecular weight is 335 g/mol. The van der Waals surface area contributed by atoms with E-state index < -0.39 is 6.10 Å². The minimum atomic E-state index is -0.397. The molecule has 0 aromatic carbocycles. The molecule has 8 heteroatoms. The van der Waals surface area contributed by atoms with Gasteiger partial charge in [0.1, 0.15) is 0 Å². The van der Waals surface area contributed by atoms with E-state index in [0.29, 0.717) is 37.1 Å². The van der Waals surface area contributed by atoms with Crippen LogP contribution in [0, 0.1) is 0 Å². The largest absolute Gasteiger partial charge is 0.461 e. The normalized spacial score (nSPS) is 18.3. The van der Waals surface area contributed by atoms with Crippen LogP contribution in [0.1, 0.15) is 5.89 Å². The van der Waals surface area contributed by atoms with Gasteiger partial charge in [-0.2, -0.15) is 4.98 Å². The van der Waals surface area contributed by atoms with Crippen molar-refractivity contribution >= 4 is 0 Å². The number of hydrogen-bond acceptors (Lipinski definition) is 8. The maximum atomic E-state index is 10.3. The summed E-state index contributed by atoms with van der Waals surface area (Å²) < 4.78 is 10.5. The zero-order valence-corrected chi connectivity index (χ0v) is 14.3. The number of hydrogen-bond donors (Lipinski definition) is 1. The van der Waals surface area contributed by atoms with Crippen LogP contribution in [-0.4, -0.2) is 89.4 Å². The van der Waals surface area contributed by atoms with Crippen LogP contribution in [-0.2, 0) is 6.54 Å². The number of furan rings is 1. The number of likely N-dealkylation sites (N-methyl/N-ethyl adjacent to an activating group) is 2. The fourth-order valence-corrected chi connectivity index (χ4v) is 2.87. The van der Waals surface area contributed by atoms with E-state index in [0.717, 1.165) is 26.2 Å². The molecule has 1 unspecified atom stereocenters. The van der Waals surface area contributed by atoms with Crippen LogP contribution in [0.3, 0.4) is 0 Å². The second kappa shape index (κ2) is 7.89. The number of aromatic nitrogens is 2. The molecule has 0 radical (unpaired) electrons. The molecule has 24 heavy (non-hydrogen) atoms. The molecule has 0 spiro atoms. The third kappa shape index (κ3) is 4.64. The predicted octanol–water partition coefficient (Wildman–Crippen LogP) is 0.370. The van der Waals surface area contributed by atoms with Crippen molar-refractivity contribution in [3.8, 4) is 11.6 Å². The summed E-state index contributed by atoms with van der Waals surface area (Å²) >= 11 is 0. The lowest BCUT2D eigenvalue weighted by molar-refractivity contribution is 0.0574. The maximum absolute atomic E-state index is 10.3. The standard InChI is InChI=1S/C16H25N5O3/c1-19-5-7-21(8-6-19)11-13(22)10-20(2)12-15-17-16(18-24-15)14-4-3-9-23-14/h3-4,9,13,22H,5-8,10-12H2,1-2H3. The Balaban J connectivity index is 1.44. The fourth-order valence-electron chi connectivity index (χ4n) is 2.87. The second-order valence-corrected chi connectivity index (χ2v) is 6.44. The summed E-state index contributed by atoms with van der Waals surface area (Å²) in [7, 11) is 4.06. The molecule has 1 aliphatic rings. The topological polar surface area (TPSA) is 82.0 Å². The molecule has 0 bridgehead atoms. The monoisotopic (exact) mass is 335 g/mol. The van der Waals surface area contributed by atoms with E-state index in [1.807, 2.05) is 11.9 Å². The van der Waals surface area contributed by atoms with Crippen LogP contribution in [0.5, 0.6) is 0 Å². The van der Waals surface area contributed by atoms with Crippen LogP contribution in [0.25, 0.3) is 11.6 Å². The maximum Gasteiger partial charge on any atom is 0.241 e. The molecule has 1 fully saturated rings. The summed E-state index contributed by atoms with van der Waals surface area (Å²) in [5, 5.41) is 14.2. The first kappa shape index (κ1) is 17.1. The molecule has 3 rings (SSSR count). The number of aliphatic hydroxyl groups excluding tert-OH is 1. The first-order valence-electron chi connectivity index (χ1n) is 8.24. The Hall–Kier alpha value is -1.74. The molecule has 3 heterocycles. The minimum Gasteiger partial charge on any atom is -0.461 e. The third-order valence-electron chi connectivity index (χ3n) is 4.20. The number of nitrogens with zero attached hydrogens (tertiary/aromatic N) is 5.